The molecule has 0 amide bonds. The summed E-state index contributed by atoms with van der Waals surface area (Å²) in [6.07, 6.45) is 3.34. The molecule has 4 N–H and O–H groups in total. The van der Waals surface area contributed by atoms with Crippen molar-refractivity contribution in [3.05, 3.63) is 32.7 Å². The summed E-state index contributed by atoms with van der Waals surface area (Å²) < 4.78 is 22.7. The molecular formula is C18H25ClFN5O3. The van der Waals surface area contributed by atoms with Crippen LogP contribution in [-0.2, 0) is 0 Å². The third-order valence-corrected chi connectivity index (χ3v) is 5.67. The van der Waals surface area contributed by atoms with E-state index < -0.39 is 17.1 Å². The van der Waals surface area contributed by atoms with Gasteiger partial charge in [0.15, 0.2) is 11.6 Å². The fourth-order valence-electron chi connectivity index (χ4n) is 3.99. The summed E-state index contributed by atoms with van der Waals surface area (Å²) in [4.78, 5) is 27.1. The van der Waals surface area contributed by atoms with Crippen molar-refractivity contribution in [2.24, 2.45) is 11.7 Å². The summed E-state index contributed by atoms with van der Waals surface area (Å²) in [5, 5.41) is 0.0546. The van der Waals surface area contributed by atoms with Crippen LogP contribution in [0, 0.1) is 11.7 Å². The zero-order valence-corrected chi connectivity index (χ0v) is 16.5. The van der Waals surface area contributed by atoms with E-state index in [1.54, 1.807) is 0 Å². The zero-order valence-electron chi connectivity index (χ0n) is 15.7. The number of anilines is 1. The molecule has 2 heterocycles. The molecule has 1 aromatic carbocycles. The first-order chi connectivity index (χ1) is 13.0. The standard InChI is InChI=1S/C18H24FN5O3.ClH/c1-27-16-14-12(17(25)24(21)18(26)23(14)11-2-3-11)8-13(19)15(16)22-6-4-10(9-20)5-7-22;/h8,10-11H,2-7,9,20-21H2,1H3;1H. The van der Waals surface area contributed by atoms with Gasteiger partial charge in [0.1, 0.15) is 11.2 Å². The van der Waals surface area contributed by atoms with Gasteiger partial charge in [0.2, 0.25) is 0 Å². The van der Waals surface area contributed by atoms with Crippen molar-refractivity contribution >= 4 is 29.0 Å². The second-order valence-electron chi connectivity index (χ2n) is 7.36. The fraction of sp³-hybridized carbons (Fsp3) is 0.556. The van der Waals surface area contributed by atoms with E-state index >= 15 is 4.39 Å². The van der Waals surface area contributed by atoms with E-state index in [0.29, 0.717) is 41.4 Å². The van der Waals surface area contributed by atoms with Crippen molar-refractivity contribution < 1.29 is 9.13 Å². The number of nitrogens with zero attached hydrogens (tertiary/aromatic N) is 3. The maximum absolute atomic E-state index is 15.1. The number of nitrogen functional groups attached to an aromatic ring is 1. The van der Waals surface area contributed by atoms with Crippen LogP contribution >= 0.6 is 12.4 Å². The molecule has 1 saturated carbocycles. The number of rotatable bonds is 4. The molecule has 10 heteroatoms. The van der Waals surface area contributed by atoms with Crippen LogP contribution in [0.2, 0.25) is 0 Å². The Kier molecular flexibility index (Phi) is 5.58. The summed E-state index contributed by atoms with van der Waals surface area (Å²) in [6, 6.07) is 1.12. The molecule has 4 rings (SSSR count). The third kappa shape index (κ3) is 3.12. The molecule has 0 spiro atoms. The molecule has 0 bridgehead atoms. The molecule has 0 radical (unpaired) electrons. The number of piperidine rings is 1. The highest BCUT2D eigenvalue weighted by Crippen LogP contribution is 2.43. The molecule has 0 atom stereocenters. The summed E-state index contributed by atoms with van der Waals surface area (Å²) >= 11 is 0. The molecule has 1 saturated heterocycles. The lowest BCUT2D eigenvalue weighted by Gasteiger charge is -2.34. The van der Waals surface area contributed by atoms with Gasteiger partial charge in [-0.3, -0.25) is 9.36 Å². The molecular weight excluding hydrogens is 389 g/mol. The zero-order chi connectivity index (χ0) is 19.3. The SMILES string of the molecule is COc1c(N2CCC(CN)CC2)c(F)cc2c(=O)n(N)c(=O)n(C3CC3)c12.Cl. The number of halogens is 2. The quantitative estimate of drug-likeness (QED) is 0.722. The van der Waals surface area contributed by atoms with Gasteiger partial charge in [0.05, 0.1) is 12.5 Å². The van der Waals surface area contributed by atoms with Gasteiger partial charge in [-0.1, -0.05) is 0 Å². The van der Waals surface area contributed by atoms with Crippen LogP contribution in [0.5, 0.6) is 5.75 Å². The molecule has 2 fully saturated rings. The minimum Gasteiger partial charge on any atom is -0.492 e. The smallest absolute Gasteiger partial charge is 0.350 e. The Morgan fingerprint density at radius 1 is 1.21 bits per heavy atom. The molecule has 8 nitrogen and oxygen atoms in total. The van der Waals surface area contributed by atoms with Gasteiger partial charge in [-0.05, 0) is 44.2 Å². The summed E-state index contributed by atoms with van der Waals surface area (Å²) in [5.74, 6) is 5.74. The van der Waals surface area contributed by atoms with Crippen molar-refractivity contribution in [3.63, 3.8) is 0 Å². The normalized spacial score (nSPS) is 17.6. The van der Waals surface area contributed by atoms with Gasteiger partial charge in [-0.25, -0.2) is 9.18 Å². The van der Waals surface area contributed by atoms with Crippen LogP contribution in [-0.4, -0.2) is 36.0 Å². The molecule has 0 unspecified atom stereocenters. The van der Waals surface area contributed by atoms with Gasteiger partial charge < -0.3 is 21.2 Å². The molecule has 1 aliphatic carbocycles. The van der Waals surface area contributed by atoms with E-state index in [1.807, 2.05) is 4.90 Å². The number of aromatic nitrogens is 2. The second-order valence-corrected chi connectivity index (χ2v) is 7.36. The molecule has 1 aliphatic heterocycles. The van der Waals surface area contributed by atoms with Gasteiger partial charge in [-0.15, -0.1) is 12.4 Å². The maximum Gasteiger partial charge on any atom is 0.350 e. The predicted molar refractivity (Wildman–Crippen MR) is 109 cm³/mol. The minimum atomic E-state index is -0.725. The van der Waals surface area contributed by atoms with Crippen molar-refractivity contribution in [1.82, 2.24) is 9.24 Å². The highest BCUT2D eigenvalue weighted by molar-refractivity contribution is 5.91. The van der Waals surface area contributed by atoms with Crippen molar-refractivity contribution in [1.29, 1.82) is 0 Å². The van der Waals surface area contributed by atoms with E-state index in [4.69, 9.17) is 16.3 Å². The van der Waals surface area contributed by atoms with E-state index in [1.165, 1.54) is 17.7 Å². The summed E-state index contributed by atoms with van der Waals surface area (Å²) in [6.45, 7) is 1.90. The van der Waals surface area contributed by atoms with Crippen LogP contribution in [0.4, 0.5) is 10.1 Å². The molecule has 28 heavy (non-hydrogen) atoms. The fourth-order valence-corrected chi connectivity index (χ4v) is 3.99. The Bertz CT molecular complexity index is 1010. The monoisotopic (exact) mass is 413 g/mol. The number of ether oxygens (including phenoxy) is 1. The van der Waals surface area contributed by atoms with Crippen LogP contribution < -0.4 is 32.5 Å². The van der Waals surface area contributed by atoms with E-state index in [0.717, 1.165) is 25.7 Å². The number of benzene rings is 1. The van der Waals surface area contributed by atoms with Crippen molar-refractivity contribution in [3.8, 4) is 5.75 Å². The Labute approximate surface area is 167 Å². The number of fused-ring (bicyclic) bond motifs is 1. The first kappa shape index (κ1) is 20.5. The Morgan fingerprint density at radius 2 is 1.86 bits per heavy atom. The third-order valence-electron chi connectivity index (χ3n) is 5.67. The first-order valence-electron chi connectivity index (χ1n) is 9.25. The number of methoxy groups -OCH3 is 1. The molecule has 2 aromatic rings. The van der Waals surface area contributed by atoms with E-state index in [9.17, 15) is 9.59 Å². The van der Waals surface area contributed by atoms with E-state index in [-0.39, 0.29) is 29.6 Å². The van der Waals surface area contributed by atoms with Crippen molar-refractivity contribution in [2.75, 3.05) is 37.5 Å². The van der Waals surface area contributed by atoms with Crippen LogP contribution in [0.3, 0.4) is 0 Å². The summed E-state index contributed by atoms with van der Waals surface area (Å²) in [7, 11) is 1.43. The summed E-state index contributed by atoms with van der Waals surface area (Å²) in [5.41, 5.74) is 5.05. The van der Waals surface area contributed by atoms with Crippen LogP contribution in [0.25, 0.3) is 10.9 Å². The van der Waals surface area contributed by atoms with E-state index in [2.05, 4.69) is 0 Å². The van der Waals surface area contributed by atoms with Gasteiger partial charge in [0, 0.05) is 19.1 Å². The highest BCUT2D eigenvalue weighted by Gasteiger charge is 2.33. The predicted octanol–water partition coefficient (Wildman–Crippen LogP) is 0.956. The lowest BCUT2D eigenvalue weighted by atomic mass is 9.96. The largest absolute Gasteiger partial charge is 0.492 e. The van der Waals surface area contributed by atoms with Crippen LogP contribution in [0.1, 0.15) is 31.7 Å². The van der Waals surface area contributed by atoms with Gasteiger partial charge in [0.25, 0.3) is 5.56 Å². The molecule has 154 valence electrons. The van der Waals surface area contributed by atoms with Crippen LogP contribution in [0.15, 0.2) is 15.7 Å². The number of nitrogens with two attached hydrogens (primary N) is 2. The average molecular weight is 414 g/mol. The Morgan fingerprint density at radius 3 is 2.39 bits per heavy atom. The Balaban J connectivity index is 0.00000225. The van der Waals surface area contributed by atoms with Crippen molar-refractivity contribution in [2.45, 2.75) is 31.7 Å². The minimum absolute atomic E-state index is 0. The number of hydrogen-bond acceptors (Lipinski definition) is 6. The lowest BCUT2D eigenvalue weighted by Crippen LogP contribution is -2.44. The first-order valence-corrected chi connectivity index (χ1v) is 9.25. The topological polar surface area (TPSA) is 109 Å². The second kappa shape index (κ2) is 7.63. The lowest BCUT2D eigenvalue weighted by molar-refractivity contribution is 0.392. The average Bonchev–Trinajstić information content (AvgIpc) is 3.51. The number of hydrogen-bond donors (Lipinski definition) is 2. The van der Waals surface area contributed by atoms with Gasteiger partial charge >= 0.3 is 5.69 Å². The Hall–Kier alpha value is -2.26. The maximum atomic E-state index is 15.1. The molecule has 2 aliphatic rings. The molecule has 1 aromatic heterocycles. The highest BCUT2D eigenvalue weighted by atomic mass is 35.5. The van der Waals surface area contributed by atoms with Gasteiger partial charge in [-0.2, -0.15) is 4.68 Å².